The molecule has 1 heterocycles. The van der Waals surface area contributed by atoms with Gasteiger partial charge in [-0.2, -0.15) is 0 Å². The zero-order valence-electron chi connectivity index (χ0n) is 19.2. The van der Waals surface area contributed by atoms with E-state index in [4.69, 9.17) is 17.3 Å². The second-order valence-electron chi connectivity index (χ2n) is 8.81. The van der Waals surface area contributed by atoms with Gasteiger partial charge in [0.15, 0.2) is 22.6 Å². The van der Waals surface area contributed by atoms with Crippen molar-refractivity contribution >= 4 is 45.1 Å². The van der Waals surface area contributed by atoms with E-state index in [2.05, 4.69) is 20.0 Å². The molecule has 0 radical (unpaired) electrons. The summed E-state index contributed by atoms with van der Waals surface area (Å²) in [7, 11) is -1.86. The fourth-order valence-corrected chi connectivity index (χ4v) is 5.58. The maximum Gasteiger partial charge on any atom is 0.223 e. The number of rotatable bonds is 6. The lowest BCUT2D eigenvalue weighted by Gasteiger charge is -2.26. The van der Waals surface area contributed by atoms with E-state index in [9.17, 15) is 8.60 Å². The zero-order valence-corrected chi connectivity index (χ0v) is 20.8. The lowest BCUT2D eigenvalue weighted by molar-refractivity contribution is 0.410. The van der Waals surface area contributed by atoms with Gasteiger partial charge in [-0.3, -0.25) is 4.72 Å². The van der Waals surface area contributed by atoms with Crippen LogP contribution in [0.3, 0.4) is 0 Å². The molecule has 1 aliphatic rings. The van der Waals surface area contributed by atoms with Crippen LogP contribution in [0.2, 0.25) is 5.02 Å². The number of hydrogen-bond donors (Lipinski definition) is 3. The van der Waals surface area contributed by atoms with Gasteiger partial charge in [0.1, 0.15) is 0 Å². The van der Waals surface area contributed by atoms with Crippen molar-refractivity contribution in [3.63, 3.8) is 0 Å². The van der Waals surface area contributed by atoms with E-state index < -0.39 is 22.6 Å². The summed E-state index contributed by atoms with van der Waals surface area (Å²) in [6.07, 6.45) is 5.56. The second kappa shape index (κ2) is 10.5. The van der Waals surface area contributed by atoms with Crippen LogP contribution < -0.4 is 15.8 Å². The van der Waals surface area contributed by atoms with Crippen LogP contribution in [0.1, 0.15) is 25.7 Å². The fraction of sp³-hybridized carbons (Fsp3) is 0.231. The molecule has 0 aliphatic heterocycles. The highest BCUT2D eigenvalue weighted by Gasteiger charge is 2.20. The minimum absolute atomic E-state index is 0.0734. The van der Waals surface area contributed by atoms with Crippen LogP contribution in [0.25, 0.3) is 22.0 Å². The van der Waals surface area contributed by atoms with Crippen molar-refractivity contribution < 1.29 is 13.0 Å². The van der Waals surface area contributed by atoms with Crippen molar-refractivity contribution in [1.82, 2.24) is 9.97 Å². The van der Waals surface area contributed by atoms with Crippen LogP contribution in [0, 0.1) is 11.6 Å². The van der Waals surface area contributed by atoms with Crippen molar-refractivity contribution in [3.8, 4) is 11.1 Å². The first-order valence-electron chi connectivity index (χ1n) is 11.6. The zero-order chi connectivity index (χ0) is 25.2. The topological polar surface area (TPSA) is 92.9 Å². The molecule has 10 heteroatoms. The summed E-state index contributed by atoms with van der Waals surface area (Å²) in [5, 5.41) is 4.33. The molecule has 4 aromatic rings. The number of hydrogen-bond acceptors (Lipinski definition) is 5. The normalized spacial score (nSPS) is 18.7. The Balaban J connectivity index is 1.36. The average Bonchev–Trinajstić information content (AvgIpc) is 2.88. The van der Waals surface area contributed by atoms with Gasteiger partial charge in [-0.05, 0) is 67.6 Å². The highest BCUT2D eigenvalue weighted by atomic mass is 35.5. The molecule has 36 heavy (non-hydrogen) atoms. The van der Waals surface area contributed by atoms with Crippen LogP contribution >= 0.6 is 11.6 Å². The van der Waals surface area contributed by atoms with Gasteiger partial charge in [0.25, 0.3) is 0 Å². The number of anilines is 2. The van der Waals surface area contributed by atoms with Gasteiger partial charge in [0.05, 0.1) is 21.1 Å². The Morgan fingerprint density at radius 1 is 1.00 bits per heavy atom. The maximum absolute atomic E-state index is 15.0. The standard InChI is InChI=1S/C26H24ClF2N5OS/c27-20-3-1-2-4-23(20)36(35)34-22-12-10-19(24(28)25(22)29)15-5-11-21-16(13-15)14-31-26(33-21)32-18-8-6-17(30)7-9-18/h1-5,10-14,17-18,34H,6-9,30H2,(H,31,32,33). The molecule has 1 aromatic heterocycles. The quantitative estimate of drug-likeness (QED) is 0.284. The van der Waals surface area contributed by atoms with Crippen LogP contribution in [0.5, 0.6) is 0 Å². The molecule has 0 bridgehead atoms. The number of nitrogens with one attached hydrogen (secondary N) is 2. The van der Waals surface area contributed by atoms with Crippen LogP contribution in [-0.4, -0.2) is 26.3 Å². The summed E-state index contributed by atoms with van der Waals surface area (Å²) in [5.41, 5.74) is 6.99. The van der Waals surface area contributed by atoms with Crippen LogP contribution in [-0.2, 0) is 11.0 Å². The Kier molecular flexibility index (Phi) is 7.13. The van der Waals surface area contributed by atoms with E-state index in [1.54, 1.807) is 48.7 Å². The molecule has 1 atom stereocenters. The SMILES string of the molecule is NC1CCC(Nc2ncc3cc(-c4ccc(NS(=O)c5ccccc5Cl)c(F)c4F)ccc3n2)CC1. The number of halogens is 3. The third kappa shape index (κ3) is 5.18. The Bertz CT molecular complexity index is 1450. The van der Waals surface area contributed by atoms with Gasteiger partial charge >= 0.3 is 0 Å². The smallest absolute Gasteiger partial charge is 0.223 e. The minimum Gasteiger partial charge on any atom is -0.351 e. The van der Waals surface area contributed by atoms with Crippen molar-refractivity contribution in [2.24, 2.45) is 5.73 Å². The number of benzene rings is 3. The van der Waals surface area contributed by atoms with Gasteiger partial charge in [0, 0.05) is 29.2 Å². The van der Waals surface area contributed by atoms with Gasteiger partial charge in [-0.1, -0.05) is 29.8 Å². The summed E-state index contributed by atoms with van der Waals surface area (Å²) in [6, 6.07) is 15.0. The third-order valence-corrected chi connectivity index (χ3v) is 7.92. The average molecular weight is 528 g/mol. The van der Waals surface area contributed by atoms with Gasteiger partial charge < -0.3 is 11.1 Å². The van der Waals surface area contributed by atoms with Gasteiger partial charge in [0.2, 0.25) is 5.95 Å². The molecule has 0 spiro atoms. The number of nitrogens with two attached hydrogens (primary N) is 1. The number of nitrogens with zero attached hydrogens (tertiary/aromatic N) is 2. The highest BCUT2D eigenvalue weighted by molar-refractivity contribution is 7.86. The largest absolute Gasteiger partial charge is 0.351 e. The minimum atomic E-state index is -1.86. The highest BCUT2D eigenvalue weighted by Crippen LogP contribution is 2.32. The molecule has 4 N–H and O–H groups in total. The Morgan fingerprint density at radius 2 is 1.78 bits per heavy atom. The molecule has 6 nitrogen and oxygen atoms in total. The fourth-order valence-electron chi connectivity index (χ4n) is 4.32. The van der Waals surface area contributed by atoms with E-state index in [0.717, 1.165) is 25.7 Å². The summed E-state index contributed by atoms with van der Waals surface area (Å²) in [4.78, 5) is 9.25. The van der Waals surface area contributed by atoms with Crippen molar-refractivity contribution in [2.75, 3.05) is 10.0 Å². The molecule has 1 saturated carbocycles. The van der Waals surface area contributed by atoms with E-state index in [-0.39, 0.29) is 33.3 Å². The van der Waals surface area contributed by atoms with E-state index in [1.165, 1.54) is 12.1 Å². The third-order valence-electron chi connectivity index (χ3n) is 6.32. The number of aromatic nitrogens is 2. The molecular weight excluding hydrogens is 504 g/mol. The predicted octanol–water partition coefficient (Wildman–Crippen LogP) is 6.04. The first-order valence-corrected chi connectivity index (χ1v) is 13.1. The van der Waals surface area contributed by atoms with Gasteiger partial charge in [-0.25, -0.2) is 23.0 Å². The van der Waals surface area contributed by atoms with Gasteiger partial charge in [-0.15, -0.1) is 0 Å². The Morgan fingerprint density at radius 3 is 2.56 bits per heavy atom. The predicted molar refractivity (Wildman–Crippen MR) is 140 cm³/mol. The van der Waals surface area contributed by atoms with E-state index in [0.29, 0.717) is 22.4 Å². The van der Waals surface area contributed by atoms with Crippen molar-refractivity contribution in [1.29, 1.82) is 0 Å². The molecule has 1 unspecified atom stereocenters. The lowest BCUT2D eigenvalue weighted by atomic mass is 9.92. The monoisotopic (exact) mass is 527 g/mol. The van der Waals surface area contributed by atoms with Crippen LogP contribution in [0.15, 0.2) is 65.7 Å². The molecule has 3 aromatic carbocycles. The molecule has 186 valence electrons. The van der Waals surface area contributed by atoms with Crippen molar-refractivity contribution in [2.45, 2.75) is 42.7 Å². The molecule has 1 aliphatic carbocycles. The Hall–Kier alpha value is -3.14. The van der Waals surface area contributed by atoms with Crippen LogP contribution in [0.4, 0.5) is 20.4 Å². The summed E-state index contributed by atoms with van der Waals surface area (Å²) >= 11 is 6.05. The van der Waals surface area contributed by atoms with Crippen molar-refractivity contribution in [3.05, 3.63) is 77.5 Å². The second-order valence-corrected chi connectivity index (χ2v) is 10.4. The molecule has 1 fully saturated rings. The summed E-state index contributed by atoms with van der Waals surface area (Å²) < 4.78 is 45.0. The summed E-state index contributed by atoms with van der Waals surface area (Å²) in [6.45, 7) is 0. The molecule has 5 rings (SSSR count). The lowest BCUT2D eigenvalue weighted by Crippen LogP contribution is -2.33. The first kappa shape index (κ1) is 24.5. The Labute approximate surface area is 214 Å². The molecule has 0 amide bonds. The molecular formula is C26H24ClF2N5OS. The van der Waals surface area contributed by atoms with E-state index >= 15 is 4.39 Å². The first-order chi connectivity index (χ1) is 17.4. The maximum atomic E-state index is 15.0. The number of fused-ring (bicyclic) bond motifs is 1. The summed E-state index contributed by atoms with van der Waals surface area (Å²) in [5.74, 6) is -1.64. The van der Waals surface area contributed by atoms with E-state index in [1.807, 2.05) is 0 Å². The molecule has 0 saturated heterocycles.